The van der Waals surface area contributed by atoms with Gasteiger partial charge in [0.25, 0.3) is 0 Å². The Labute approximate surface area is 494 Å². The van der Waals surface area contributed by atoms with Crippen molar-refractivity contribution < 1.29 is 28.6 Å². The third-order valence-corrected chi connectivity index (χ3v) is 14.2. The maximum absolute atomic E-state index is 13.0. The smallest absolute Gasteiger partial charge is 0.306 e. The van der Waals surface area contributed by atoms with Crippen molar-refractivity contribution in [2.75, 3.05) is 13.2 Å². The molecule has 0 spiro atoms. The van der Waals surface area contributed by atoms with Crippen LogP contribution in [0.25, 0.3) is 0 Å². The minimum Gasteiger partial charge on any atom is -0.462 e. The average molecular weight is 1110 g/mol. The molecule has 0 fully saturated rings. The molecule has 0 aliphatic heterocycles. The van der Waals surface area contributed by atoms with Crippen molar-refractivity contribution in [3.8, 4) is 0 Å². The summed E-state index contributed by atoms with van der Waals surface area (Å²) in [6.45, 7) is 6.40. The van der Waals surface area contributed by atoms with E-state index in [4.69, 9.17) is 14.2 Å². The van der Waals surface area contributed by atoms with Crippen LogP contribution < -0.4 is 0 Å². The summed E-state index contributed by atoms with van der Waals surface area (Å²) in [6, 6.07) is 0. The predicted octanol–water partition coefficient (Wildman–Crippen LogP) is 23.2. The van der Waals surface area contributed by atoms with Crippen molar-refractivity contribution in [1.82, 2.24) is 0 Å². The van der Waals surface area contributed by atoms with Crippen LogP contribution in [0.4, 0.5) is 0 Å². The SMILES string of the molecule is CC/C=C\C/C=C\C/C=C\C/C=C\CCCCCCCCCCCCC(=O)OCC(COC(=O)CCCCCCC/C=C\C/C=C\CCCCCC)OC(=O)CCCCCCCCCCCC/C=C\C/C=C\C/C=C\C/C=C\CC. The summed E-state index contributed by atoms with van der Waals surface area (Å²) < 4.78 is 17.0. The molecule has 456 valence electrons. The van der Waals surface area contributed by atoms with E-state index >= 15 is 0 Å². The normalized spacial score (nSPS) is 12.9. The summed E-state index contributed by atoms with van der Waals surface area (Å²) >= 11 is 0. The number of allylic oxidation sites excluding steroid dienone is 20. The molecule has 0 heterocycles. The van der Waals surface area contributed by atoms with Crippen LogP contribution >= 0.6 is 0 Å². The fourth-order valence-electron chi connectivity index (χ4n) is 9.22. The number of unbranched alkanes of at least 4 members (excludes halogenated alkanes) is 29. The molecule has 0 aromatic rings. The number of carbonyl (C=O) groups excluding carboxylic acids is 3. The van der Waals surface area contributed by atoms with Crippen LogP contribution in [0.5, 0.6) is 0 Å². The monoisotopic (exact) mass is 1110 g/mol. The van der Waals surface area contributed by atoms with Gasteiger partial charge in [-0.15, -0.1) is 0 Å². The van der Waals surface area contributed by atoms with E-state index in [-0.39, 0.29) is 31.1 Å². The third kappa shape index (κ3) is 64.6. The van der Waals surface area contributed by atoms with Crippen LogP contribution in [0, 0.1) is 0 Å². The maximum Gasteiger partial charge on any atom is 0.306 e. The Morgan fingerprint density at radius 2 is 0.487 bits per heavy atom. The Kier molecular flexibility index (Phi) is 63.8. The van der Waals surface area contributed by atoms with E-state index in [9.17, 15) is 14.4 Å². The second kappa shape index (κ2) is 67.3. The molecule has 0 radical (unpaired) electrons. The maximum atomic E-state index is 13.0. The molecule has 6 heteroatoms. The van der Waals surface area contributed by atoms with Crippen molar-refractivity contribution in [3.63, 3.8) is 0 Å². The Hall–Kier alpha value is -4.19. The summed E-state index contributed by atoms with van der Waals surface area (Å²) in [7, 11) is 0. The van der Waals surface area contributed by atoms with Gasteiger partial charge in [-0.2, -0.15) is 0 Å². The molecule has 1 atom stereocenters. The molecule has 80 heavy (non-hydrogen) atoms. The number of rotatable bonds is 60. The largest absolute Gasteiger partial charge is 0.462 e. The quantitative estimate of drug-likeness (QED) is 0.0261. The summed E-state index contributed by atoms with van der Waals surface area (Å²) in [4.78, 5) is 38.4. The number of hydrogen-bond donors (Lipinski definition) is 0. The van der Waals surface area contributed by atoms with E-state index in [0.29, 0.717) is 19.3 Å². The van der Waals surface area contributed by atoms with Gasteiger partial charge >= 0.3 is 17.9 Å². The molecule has 0 rings (SSSR count). The first-order chi connectivity index (χ1) is 39.5. The van der Waals surface area contributed by atoms with Gasteiger partial charge in [0.15, 0.2) is 6.10 Å². The third-order valence-electron chi connectivity index (χ3n) is 14.2. The van der Waals surface area contributed by atoms with E-state index < -0.39 is 6.10 Å². The minimum absolute atomic E-state index is 0.0878. The van der Waals surface area contributed by atoms with Crippen molar-refractivity contribution >= 4 is 17.9 Å². The van der Waals surface area contributed by atoms with Crippen molar-refractivity contribution in [3.05, 3.63) is 122 Å². The van der Waals surface area contributed by atoms with E-state index in [0.717, 1.165) is 135 Å². The minimum atomic E-state index is -0.793. The number of carbonyl (C=O) groups is 3. The number of ether oxygens (including phenoxy) is 3. The van der Waals surface area contributed by atoms with Gasteiger partial charge in [0.2, 0.25) is 0 Å². The van der Waals surface area contributed by atoms with Crippen LogP contribution in [0.3, 0.4) is 0 Å². The van der Waals surface area contributed by atoms with Gasteiger partial charge in [-0.1, -0.05) is 284 Å². The summed E-state index contributed by atoms with van der Waals surface area (Å²) in [5.74, 6) is -0.901. The molecule has 0 bridgehead atoms. The predicted molar refractivity (Wildman–Crippen MR) is 348 cm³/mol. The zero-order valence-corrected chi connectivity index (χ0v) is 52.3. The van der Waals surface area contributed by atoms with Crippen molar-refractivity contribution in [2.45, 2.75) is 316 Å². The molecule has 6 nitrogen and oxygen atoms in total. The highest BCUT2D eigenvalue weighted by Gasteiger charge is 2.19. The number of hydrogen-bond acceptors (Lipinski definition) is 6. The molecule has 0 aliphatic carbocycles. The molecule has 0 aromatic carbocycles. The van der Waals surface area contributed by atoms with E-state index in [1.807, 2.05) is 0 Å². The molecule has 0 saturated carbocycles. The highest BCUT2D eigenvalue weighted by molar-refractivity contribution is 5.71. The second-order valence-corrected chi connectivity index (χ2v) is 22.0. The Morgan fingerprint density at radius 1 is 0.263 bits per heavy atom. The topological polar surface area (TPSA) is 78.9 Å². The second-order valence-electron chi connectivity index (χ2n) is 22.0. The number of esters is 3. The first kappa shape index (κ1) is 75.8. The van der Waals surface area contributed by atoms with Gasteiger partial charge in [0.05, 0.1) is 0 Å². The summed E-state index contributed by atoms with van der Waals surface area (Å²) in [6.07, 6.45) is 93.4. The first-order valence-corrected chi connectivity index (χ1v) is 33.5. The van der Waals surface area contributed by atoms with E-state index in [2.05, 4.69) is 142 Å². The van der Waals surface area contributed by atoms with Gasteiger partial charge in [-0.3, -0.25) is 14.4 Å². The lowest BCUT2D eigenvalue weighted by molar-refractivity contribution is -0.167. The molecular formula is C74H124O6. The molecule has 0 N–H and O–H groups in total. The lowest BCUT2D eigenvalue weighted by Gasteiger charge is -2.18. The van der Waals surface area contributed by atoms with E-state index in [1.54, 1.807) is 0 Å². The van der Waals surface area contributed by atoms with Crippen LogP contribution in [0.1, 0.15) is 310 Å². The van der Waals surface area contributed by atoms with Crippen LogP contribution in [0.15, 0.2) is 122 Å². The van der Waals surface area contributed by atoms with Crippen LogP contribution in [-0.4, -0.2) is 37.2 Å². The molecule has 0 aliphatic rings. The fourth-order valence-corrected chi connectivity index (χ4v) is 9.22. The van der Waals surface area contributed by atoms with Gasteiger partial charge in [0.1, 0.15) is 13.2 Å². The van der Waals surface area contributed by atoms with Gasteiger partial charge in [-0.05, 0) is 128 Å². The van der Waals surface area contributed by atoms with Crippen molar-refractivity contribution in [2.24, 2.45) is 0 Å². The Bertz CT molecular complexity index is 1650. The lowest BCUT2D eigenvalue weighted by Crippen LogP contribution is -2.30. The van der Waals surface area contributed by atoms with Gasteiger partial charge in [0, 0.05) is 19.3 Å². The molecule has 0 saturated heterocycles. The molecule has 1 unspecified atom stereocenters. The summed E-state index contributed by atoms with van der Waals surface area (Å²) in [5.41, 5.74) is 0. The van der Waals surface area contributed by atoms with Gasteiger partial charge in [-0.25, -0.2) is 0 Å². The molecular weight excluding hydrogens is 985 g/mol. The van der Waals surface area contributed by atoms with Crippen LogP contribution in [-0.2, 0) is 28.6 Å². The fraction of sp³-hybridized carbons (Fsp3) is 0.689. The zero-order valence-electron chi connectivity index (χ0n) is 52.3. The van der Waals surface area contributed by atoms with Crippen LogP contribution in [0.2, 0.25) is 0 Å². The Balaban J connectivity index is 4.40. The molecule has 0 aromatic heterocycles. The van der Waals surface area contributed by atoms with E-state index in [1.165, 1.54) is 135 Å². The Morgan fingerprint density at radius 3 is 0.762 bits per heavy atom. The lowest BCUT2D eigenvalue weighted by atomic mass is 10.0. The standard InChI is InChI=1S/C74H124O6/c1-4-7-10-13-16-19-22-25-28-31-33-35-37-39-41-43-46-49-52-55-58-61-64-67-73(76)79-70-71(69-78-72(75)66-63-60-57-54-51-48-45-30-27-24-21-18-15-12-9-6-3)80-74(77)68-65-62-59-56-53-50-47-44-42-40-38-36-34-32-29-26-23-20-17-14-11-8-5-2/h7-8,10-11,16-17,19-21,24-26,28-30,33-36,45,71H,4-6,9,12-15,18,22-23,27,31-32,37-44,46-70H2,1-3H3/b10-7-,11-8-,19-16-,20-17-,24-21-,28-25-,29-26-,35-33-,36-34-,45-30-. The highest BCUT2D eigenvalue weighted by Crippen LogP contribution is 2.16. The first-order valence-electron chi connectivity index (χ1n) is 33.5. The summed E-state index contributed by atoms with van der Waals surface area (Å²) in [5, 5.41) is 0. The zero-order chi connectivity index (χ0) is 57.8. The average Bonchev–Trinajstić information content (AvgIpc) is 3.46. The highest BCUT2D eigenvalue weighted by atomic mass is 16.6. The van der Waals surface area contributed by atoms with Crippen molar-refractivity contribution in [1.29, 1.82) is 0 Å². The molecule has 0 amide bonds. The van der Waals surface area contributed by atoms with Gasteiger partial charge < -0.3 is 14.2 Å².